The summed E-state index contributed by atoms with van der Waals surface area (Å²) in [6.07, 6.45) is 5.34. The molecule has 0 saturated heterocycles. The second-order valence-corrected chi connectivity index (χ2v) is 4.08. The molecule has 0 aromatic carbocycles. The van der Waals surface area contributed by atoms with Gasteiger partial charge in [-0.05, 0) is 12.8 Å². The van der Waals surface area contributed by atoms with Crippen molar-refractivity contribution < 1.29 is 4.79 Å². The summed E-state index contributed by atoms with van der Waals surface area (Å²) >= 11 is 3.48. The zero-order valence-corrected chi connectivity index (χ0v) is 9.11. The Labute approximate surface area is 82.2 Å². The molecule has 1 fully saturated rings. The predicted octanol–water partition coefficient (Wildman–Crippen LogP) is 2.22. The van der Waals surface area contributed by atoms with Crippen LogP contribution in [-0.4, -0.2) is 16.8 Å². The van der Waals surface area contributed by atoms with Crippen molar-refractivity contribution in [1.29, 1.82) is 0 Å². The van der Waals surface area contributed by atoms with Gasteiger partial charge in [-0.3, -0.25) is 4.79 Å². The van der Waals surface area contributed by atoms with Crippen molar-refractivity contribution in [3.8, 4) is 0 Å². The van der Waals surface area contributed by atoms with E-state index in [1.54, 1.807) is 0 Å². The fourth-order valence-electron chi connectivity index (χ4n) is 1.73. The summed E-state index contributed by atoms with van der Waals surface area (Å²) in [5.74, 6) is 0.177. The van der Waals surface area contributed by atoms with Gasteiger partial charge in [0.15, 0.2) is 0 Å². The van der Waals surface area contributed by atoms with Gasteiger partial charge in [-0.2, -0.15) is 0 Å². The molecule has 12 heavy (non-hydrogen) atoms. The number of hydrogen-bond acceptors (Lipinski definition) is 1. The van der Waals surface area contributed by atoms with E-state index in [-0.39, 0.29) is 11.4 Å². The SMILES string of the molecule is CCC(=O)NC1(CBr)CCCC1. The fourth-order valence-corrected chi connectivity index (χ4v) is 2.43. The van der Waals surface area contributed by atoms with E-state index in [9.17, 15) is 4.79 Å². The minimum atomic E-state index is 0.0765. The molecule has 0 heterocycles. The first kappa shape index (κ1) is 10.0. The maximum Gasteiger partial charge on any atom is 0.220 e. The Morgan fingerprint density at radius 1 is 1.50 bits per heavy atom. The quantitative estimate of drug-likeness (QED) is 0.745. The molecular weight excluding hydrogens is 218 g/mol. The normalized spacial score (nSPS) is 20.8. The molecule has 0 aromatic rings. The van der Waals surface area contributed by atoms with Gasteiger partial charge >= 0.3 is 0 Å². The first-order chi connectivity index (χ1) is 5.72. The lowest BCUT2D eigenvalue weighted by atomic mass is 10.0. The van der Waals surface area contributed by atoms with Gasteiger partial charge in [0.2, 0.25) is 5.91 Å². The number of nitrogens with one attached hydrogen (secondary N) is 1. The Kier molecular flexibility index (Phi) is 3.56. The third-order valence-electron chi connectivity index (χ3n) is 2.54. The molecule has 1 N–H and O–H groups in total. The summed E-state index contributed by atoms with van der Waals surface area (Å²) in [5, 5.41) is 4.00. The molecule has 0 atom stereocenters. The fraction of sp³-hybridized carbons (Fsp3) is 0.889. The van der Waals surface area contributed by atoms with Crippen molar-refractivity contribution in [3.63, 3.8) is 0 Å². The second-order valence-electron chi connectivity index (χ2n) is 3.52. The Bertz CT molecular complexity index is 164. The lowest BCUT2D eigenvalue weighted by Gasteiger charge is -2.27. The molecular formula is C9H16BrNO. The number of halogens is 1. The Morgan fingerprint density at radius 3 is 2.50 bits per heavy atom. The monoisotopic (exact) mass is 233 g/mol. The van der Waals surface area contributed by atoms with Gasteiger partial charge < -0.3 is 5.32 Å². The predicted molar refractivity (Wildman–Crippen MR) is 53.4 cm³/mol. The Hall–Kier alpha value is -0.0500. The number of rotatable bonds is 3. The maximum absolute atomic E-state index is 11.2. The molecule has 1 aliphatic carbocycles. The van der Waals surface area contributed by atoms with Crippen LogP contribution in [0.4, 0.5) is 0 Å². The molecule has 0 aliphatic heterocycles. The first-order valence-corrected chi connectivity index (χ1v) is 5.71. The molecule has 0 spiro atoms. The standard InChI is InChI=1S/C9H16BrNO/c1-2-8(12)11-9(7-10)5-3-4-6-9/h2-7H2,1H3,(H,11,12). The van der Waals surface area contributed by atoms with Gasteiger partial charge in [0.05, 0.1) is 0 Å². The zero-order chi connectivity index (χ0) is 9.03. The highest BCUT2D eigenvalue weighted by Crippen LogP contribution is 2.31. The zero-order valence-electron chi connectivity index (χ0n) is 7.53. The molecule has 0 unspecified atom stereocenters. The highest BCUT2D eigenvalue weighted by Gasteiger charge is 2.33. The lowest BCUT2D eigenvalue weighted by Crippen LogP contribution is -2.47. The molecule has 70 valence electrons. The number of alkyl halides is 1. The van der Waals surface area contributed by atoms with Gasteiger partial charge in [-0.25, -0.2) is 0 Å². The van der Waals surface area contributed by atoms with Gasteiger partial charge in [0, 0.05) is 17.3 Å². The van der Waals surface area contributed by atoms with E-state index in [4.69, 9.17) is 0 Å². The van der Waals surface area contributed by atoms with Gasteiger partial charge in [0.1, 0.15) is 0 Å². The summed E-state index contributed by atoms with van der Waals surface area (Å²) in [6, 6.07) is 0. The second kappa shape index (κ2) is 4.26. The highest BCUT2D eigenvalue weighted by atomic mass is 79.9. The third-order valence-corrected chi connectivity index (χ3v) is 3.62. The molecule has 1 amide bonds. The first-order valence-electron chi connectivity index (χ1n) is 4.59. The van der Waals surface area contributed by atoms with Crippen LogP contribution in [0, 0.1) is 0 Å². The topological polar surface area (TPSA) is 29.1 Å². The molecule has 0 radical (unpaired) electrons. The minimum absolute atomic E-state index is 0.0765. The summed E-state index contributed by atoms with van der Waals surface area (Å²) in [7, 11) is 0. The summed E-state index contributed by atoms with van der Waals surface area (Å²) in [4.78, 5) is 11.2. The molecule has 1 saturated carbocycles. The number of amides is 1. The van der Waals surface area contributed by atoms with Crippen molar-refractivity contribution in [2.24, 2.45) is 0 Å². The van der Waals surface area contributed by atoms with E-state index in [0.29, 0.717) is 6.42 Å². The van der Waals surface area contributed by atoms with E-state index in [1.807, 2.05) is 6.92 Å². The minimum Gasteiger partial charge on any atom is -0.350 e. The van der Waals surface area contributed by atoms with E-state index in [2.05, 4.69) is 21.2 Å². The van der Waals surface area contributed by atoms with E-state index in [1.165, 1.54) is 12.8 Å². The lowest BCUT2D eigenvalue weighted by molar-refractivity contribution is -0.122. The van der Waals surface area contributed by atoms with Gasteiger partial charge in [-0.15, -0.1) is 0 Å². The van der Waals surface area contributed by atoms with Crippen LogP contribution in [0.15, 0.2) is 0 Å². The van der Waals surface area contributed by atoms with Crippen LogP contribution in [0.1, 0.15) is 39.0 Å². The number of carbonyl (C=O) groups excluding carboxylic acids is 1. The van der Waals surface area contributed by atoms with Crippen LogP contribution in [0.5, 0.6) is 0 Å². The average molecular weight is 234 g/mol. The number of carbonyl (C=O) groups is 1. The van der Waals surface area contributed by atoms with Crippen molar-refractivity contribution in [2.75, 3.05) is 5.33 Å². The molecule has 0 aromatic heterocycles. The summed E-state index contributed by atoms with van der Waals surface area (Å²) in [5.41, 5.74) is 0.0765. The van der Waals surface area contributed by atoms with Crippen LogP contribution in [-0.2, 0) is 4.79 Å². The average Bonchev–Trinajstić information content (AvgIpc) is 2.54. The van der Waals surface area contributed by atoms with E-state index < -0.39 is 0 Å². The Morgan fingerprint density at radius 2 is 2.08 bits per heavy atom. The Balaban J connectivity index is 2.49. The van der Waals surface area contributed by atoms with Gasteiger partial charge in [-0.1, -0.05) is 35.7 Å². The molecule has 1 aliphatic rings. The van der Waals surface area contributed by atoms with Crippen LogP contribution < -0.4 is 5.32 Å². The van der Waals surface area contributed by atoms with Gasteiger partial charge in [0.25, 0.3) is 0 Å². The van der Waals surface area contributed by atoms with E-state index >= 15 is 0 Å². The van der Waals surface area contributed by atoms with Crippen LogP contribution in [0.25, 0.3) is 0 Å². The summed E-state index contributed by atoms with van der Waals surface area (Å²) < 4.78 is 0. The molecule has 3 heteroatoms. The largest absolute Gasteiger partial charge is 0.350 e. The van der Waals surface area contributed by atoms with Crippen molar-refractivity contribution >= 4 is 21.8 Å². The van der Waals surface area contributed by atoms with Crippen LogP contribution >= 0.6 is 15.9 Å². The van der Waals surface area contributed by atoms with Crippen molar-refractivity contribution in [2.45, 2.75) is 44.6 Å². The number of hydrogen-bond donors (Lipinski definition) is 1. The molecule has 2 nitrogen and oxygen atoms in total. The van der Waals surface area contributed by atoms with E-state index in [0.717, 1.165) is 18.2 Å². The van der Waals surface area contributed by atoms with Crippen LogP contribution in [0.2, 0.25) is 0 Å². The third kappa shape index (κ3) is 2.22. The summed E-state index contributed by atoms with van der Waals surface area (Å²) in [6.45, 7) is 1.90. The smallest absolute Gasteiger partial charge is 0.220 e. The highest BCUT2D eigenvalue weighted by molar-refractivity contribution is 9.09. The van der Waals surface area contributed by atoms with Crippen molar-refractivity contribution in [3.05, 3.63) is 0 Å². The van der Waals surface area contributed by atoms with Crippen molar-refractivity contribution in [1.82, 2.24) is 5.32 Å². The maximum atomic E-state index is 11.2. The van der Waals surface area contributed by atoms with Crippen LogP contribution in [0.3, 0.4) is 0 Å². The molecule has 1 rings (SSSR count). The molecule has 0 bridgehead atoms.